The molecule has 1 unspecified atom stereocenters. The summed E-state index contributed by atoms with van der Waals surface area (Å²) in [4.78, 5) is 0. The zero-order valence-corrected chi connectivity index (χ0v) is 10.9. The summed E-state index contributed by atoms with van der Waals surface area (Å²) in [7, 11) is -1.56. The van der Waals surface area contributed by atoms with Gasteiger partial charge in [0.25, 0.3) is 0 Å². The smallest absolute Gasteiger partial charge is 0.165 e. The Kier molecular flexibility index (Phi) is 4.00. The lowest BCUT2D eigenvalue weighted by atomic mass is 10.5. The summed E-state index contributed by atoms with van der Waals surface area (Å²) in [5.41, 5.74) is 0. The van der Waals surface area contributed by atoms with Gasteiger partial charge in [-0.25, -0.2) is 0 Å². The molecule has 1 heterocycles. The highest BCUT2D eigenvalue weighted by Gasteiger charge is 2.41. The van der Waals surface area contributed by atoms with Crippen LogP contribution < -0.4 is 0 Å². The summed E-state index contributed by atoms with van der Waals surface area (Å²) in [6, 6.07) is 5.92. The van der Waals surface area contributed by atoms with Gasteiger partial charge in [0.15, 0.2) is 8.56 Å². The zero-order chi connectivity index (χ0) is 9.03. The van der Waals surface area contributed by atoms with Crippen molar-refractivity contribution in [2.45, 2.75) is 51.4 Å². The Bertz CT molecular complexity index is 134. The molecule has 0 aliphatic carbocycles. The summed E-state index contributed by atoms with van der Waals surface area (Å²) >= 11 is 0. The SMILES string of the molecule is CC[SiH]1OCCC[Si]1(CC)CC. The van der Waals surface area contributed by atoms with Gasteiger partial charge < -0.3 is 4.43 Å². The first-order valence-corrected chi connectivity index (χ1v) is 11.1. The van der Waals surface area contributed by atoms with Crippen molar-refractivity contribution in [3.8, 4) is 0 Å². The van der Waals surface area contributed by atoms with Crippen LogP contribution in [0.4, 0.5) is 0 Å². The third-order valence-corrected chi connectivity index (χ3v) is 19.6. The normalized spacial score (nSPS) is 28.8. The maximum absolute atomic E-state index is 6.03. The third kappa shape index (κ3) is 1.83. The predicted molar refractivity (Wildman–Crippen MR) is 59.7 cm³/mol. The molecule has 0 bridgehead atoms. The summed E-state index contributed by atoms with van der Waals surface area (Å²) in [5.74, 6) is 0. The van der Waals surface area contributed by atoms with Gasteiger partial charge in [-0.15, -0.1) is 0 Å². The first kappa shape index (κ1) is 10.5. The molecule has 1 saturated heterocycles. The highest BCUT2D eigenvalue weighted by atomic mass is 29.2. The fourth-order valence-electron chi connectivity index (χ4n) is 2.60. The first-order valence-electron chi connectivity index (χ1n) is 5.40. The average Bonchev–Trinajstić information content (AvgIpc) is 2.17. The van der Waals surface area contributed by atoms with Crippen molar-refractivity contribution in [3.05, 3.63) is 0 Å². The minimum Gasteiger partial charge on any atom is -0.423 e. The van der Waals surface area contributed by atoms with Crippen LogP contribution in [0.25, 0.3) is 0 Å². The molecule has 72 valence electrons. The predicted octanol–water partition coefficient (Wildman–Crippen LogP) is 2.72. The van der Waals surface area contributed by atoms with E-state index in [2.05, 4.69) is 20.8 Å². The van der Waals surface area contributed by atoms with Crippen LogP contribution in [-0.2, 0) is 4.43 Å². The number of hydrogen-bond acceptors (Lipinski definition) is 1. The summed E-state index contributed by atoms with van der Waals surface area (Å²) in [6.45, 7) is 8.23. The van der Waals surface area contributed by atoms with Crippen molar-refractivity contribution in [1.29, 1.82) is 0 Å². The summed E-state index contributed by atoms with van der Waals surface area (Å²) in [5, 5.41) is 0. The molecule has 0 aromatic rings. The monoisotopic (exact) mass is 202 g/mol. The minimum atomic E-state index is -0.843. The molecule has 1 nitrogen and oxygen atoms in total. The first-order chi connectivity index (χ1) is 5.79. The van der Waals surface area contributed by atoms with Crippen molar-refractivity contribution in [3.63, 3.8) is 0 Å². The van der Waals surface area contributed by atoms with Crippen LogP contribution in [0.2, 0.25) is 24.2 Å². The highest BCUT2D eigenvalue weighted by molar-refractivity contribution is 7.31. The second-order valence-electron chi connectivity index (χ2n) is 3.94. The van der Waals surface area contributed by atoms with Crippen LogP contribution in [0.1, 0.15) is 27.2 Å². The van der Waals surface area contributed by atoms with E-state index in [0.717, 1.165) is 6.61 Å². The van der Waals surface area contributed by atoms with Crippen molar-refractivity contribution in [1.82, 2.24) is 0 Å². The van der Waals surface area contributed by atoms with Crippen LogP contribution in [-0.4, -0.2) is 22.8 Å². The fraction of sp³-hybridized carbons (Fsp3) is 1.00. The van der Waals surface area contributed by atoms with Crippen LogP contribution in [0.3, 0.4) is 0 Å². The van der Waals surface area contributed by atoms with Crippen molar-refractivity contribution < 1.29 is 4.43 Å². The molecule has 0 N–H and O–H groups in total. The standard InChI is InChI=1S/C9H22OSi2/c1-4-11-10-8-7-9-12(11,5-2)6-3/h11H,4-9H2,1-3H3. The second kappa shape index (κ2) is 4.58. The zero-order valence-electron chi connectivity index (χ0n) is 8.73. The summed E-state index contributed by atoms with van der Waals surface area (Å²) < 4.78 is 6.03. The maximum Gasteiger partial charge on any atom is 0.165 e. The Morgan fingerprint density at radius 2 is 1.92 bits per heavy atom. The largest absolute Gasteiger partial charge is 0.423 e. The highest BCUT2D eigenvalue weighted by Crippen LogP contribution is 2.31. The lowest BCUT2D eigenvalue weighted by Crippen LogP contribution is -2.54. The van der Waals surface area contributed by atoms with Gasteiger partial charge in [0.1, 0.15) is 0 Å². The average molecular weight is 202 g/mol. The van der Waals surface area contributed by atoms with E-state index in [-0.39, 0.29) is 0 Å². The molecular weight excluding hydrogens is 180 g/mol. The van der Waals surface area contributed by atoms with Gasteiger partial charge in [-0.2, -0.15) is 0 Å². The Hall–Kier alpha value is 0.394. The molecule has 0 aromatic heterocycles. The van der Waals surface area contributed by atoms with Crippen molar-refractivity contribution in [2.24, 2.45) is 0 Å². The van der Waals surface area contributed by atoms with E-state index in [1.54, 1.807) is 6.04 Å². The minimum absolute atomic E-state index is 0.717. The molecule has 1 rings (SSSR count). The molecular formula is C9H22OSi2. The Morgan fingerprint density at radius 1 is 1.25 bits per heavy atom. The molecule has 1 aliphatic heterocycles. The lowest BCUT2D eigenvalue weighted by Gasteiger charge is -2.39. The van der Waals surface area contributed by atoms with Gasteiger partial charge in [0.05, 0.1) is 7.59 Å². The van der Waals surface area contributed by atoms with Gasteiger partial charge in [0, 0.05) is 6.61 Å². The second-order valence-corrected chi connectivity index (χ2v) is 16.3. The molecule has 0 radical (unpaired) electrons. The van der Waals surface area contributed by atoms with E-state index in [1.165, 1.54) is 24.6 Å². The fourth-order valence-corrected chi connectivity index (χ4v) is 16.1. The van der Waals surface area contributed by atoms with E-state index in [1.807, 2.05) is 0 Å². The van der Waals surface area contributed by atoms with E-state index < -0.39 is 16.1 Å². The van der Waals surface area contributed by atoms with Crippen LogP contribution >= 0.6 is 0 Å². The Morgan fingerprint density at radius 3 is 2.33 bits per heavy atom. The van der Waals surface area contributed by atoms with Gasteiger partial charge in [-0.05, 0) is 12.5 Å². The number of hydrogen-bond donors (Lipinski definition) is 0. The summed E-state index contributed by atoms with van der Waals surface area (Å²) in [6.07, 6.45) is 1.36. The van der Waals surface area contributed by atoms with Crippen LogP contribution in [0.15, 0.2) is 0 Å². The van der Waals surface area contributed by atoms with Crippen molar-refractivity contribution >= 4 is 16.1 Å². The van der Waals surface area contributed by atoms with Gasteiger partial charge in [-0.3, -0.25) is 0 Å². The number of rotatable bonds is 3. The topological polar surface area (TPSA) is 9.23 Å². The molecule has 3 heteroatoms. The van der Waals surface area contributed by atoms with Crippen molar-refractivity contribution in [2.75, 3.05) is 6.61 Å². The molecule has 12 heavy (non-hydrogen) atoms. The molecule has 0 spiro atoms. The quantitative estimate of drug-likeness (QED) is 0.640. The Labute approximate surface area is 79.0 Å². The van der Waals surface area contributed by atoms with Crippen LogP contribution in [0, 0.1) is 0 Å². The van der Waals surface area contributed by atoms with E-state index in [9.17, 15) is 0 Å². The third-order valence-electron chi connectivity index (χ3n) is 3.60. The lowest BCUT2D eigenvalue weighted by molar-refractivity contribution is 0.317. The molecule has 0 saturated carbocycles. The van der Waals surface area contributed by atoms with Gasteiger partial charge in [-0.1, -0.05) is 38.9 Å². The molecule has 1 aliphatic rings. The molecule has 0 amide bonds. The van der Waals surface area contributed by atoms with Gasteiger partial charge in [0.2, 0.25) is 0 Å². The molecule has 1 fully saturated rings. The van der Waals surface area contributed by atoms with Gasteiger partial charge >= 0.3 is 0 Å². The van der Waals surface area contributed by atoms with E-state index in [4.69, 9.17) is 4.43 Å². The molecule has 1 atom stereocenters. The van der Waals surface area contributed by atoms with E-state index >= 15 is 0 Å². The Balaban J connectivity index is 2.66. The van der Waals surface area contributed by atoms with Crippen LogP contribution in [0.5, 0.6) is 0 Å². The maximum atomic E-state index is 6.03. The molecule has 0 aromatic carbocycles. The van der Waals surface area contributed by atoms with E-state index in [0.29, 0.717) is 0 Å².